The van der Waals surface area contributed by atoms with Crippen molar-refractivity contribution in [2.75, 3.05) is 36.8 Å². The Bertz CT molecular complexity index is 1360. The number of carbonyl (C=O) groups excluding carboxylic acids is 2. The smallest absolute Gasteiger partial charge is 0.369 e. The molecule has 1 saturated heterocycles. The SMILES string of the molecule is O=C(Nc1cnoc1)Nc1ccc(C(=O)N2CCN(Cc3ccc(C(O)(C(F)(F)F)C(F)(F)F)cc3)CC2)cc1F. The minimum Gasteiger partial charge on any atom is -0.369 e. The molecule has 0 aliphatic carbocycles. The number of alkyl halides is 6. The van der Waals surface area contributed by atoms with Crippen molar-refractivity contribution in [3.8, 4) is 0 Å². The summed E-state index contributed by atoms with van der Waals surface area (Å²) in [5, 5.41) is 17.6. The van der Waals surface area contributed by atoms with Crippen molar-refractivity contribution in [3.05, 3.63) is 77.4 Å². The van der Waals surface area contributed by atoms with E-state index in [-0.39, 0.29) is 36.6 Å². The van der Waals surface area contributed by atoms with Crippen LogP contribution in [0.4, 0.5) is 46.9 Å². The molecule has 3 amide bonds. The summed E-state index contributed by atoms with van der Waals surface area (Å²) in [5.74, 6) is -1.31. The Morgan fingerprint density at radius 3 is 2.10 bits per heavy atom. The molecule has 41 heavy (non-hydrogen) atoms. The molecule has 9 nitrogen and oxygen atoms in total. The first-order chi connectivity index (χ1) is 19.2. The third-order valence-electron chi connectivity index (χ3n) is 6.41. The van der Waals surface area contributed by atoms with Crippen LogP contribution in [0.5, 0.6) is 0 Å². The van der Waals surface area contributed by atoms with Gasteiger partial charge in [0.15, 0.2) is 0 Å². The Morgan fingerprint density at radius 2 is 1.56 bits per heavy atom. The molecule has 2 heterocycles. The van der Waals surface area contributed by atoms with E-state index >= 15 is 0 Å². The minimum atomic E-state index is -5.97. The summed E-state index contributed by atoms with van der Waals surface area (Å²) in [5.41, 5.74) is -5.82. The Kier molecular flexibility index (Phi) is 8.26. The summed E-state index contributed by atoms with van der Waals surface area (Å²) in [6.07, 6.45) is -9.53. The van der Waals surface area contributed by atoms with Gasteiger partial charge in [0, 0.05) is 43.9 Å². The second-order valence-electron chi connectivity index (χ2n) is 9.16. The summed E-state index contributed by atoms with van der Waals surface area (Å²) in [6.45, 7) is 1.27. The van der Waals surface area contributed by atoms with E-state index in [2.05, 4.69) is 20.3 Å². The normalized spacial score (nSPS) is 15.1. The number of benzene rings is 2. The second-order valence-corrected chi connectivity index (χ2v) is 9.16. The molecule has 1 aliphatic heterocycles. The first-order valence-corrected chi connectivity index (χ1v) is 11.9. The minimum absolute atomic E-state index is 0.0401. The monoisotopic (exact) mass is 589 g/mol. The number of piperazine rings is 1. The fourth-order valence-corrected chi connectivity index (χ4v) is 4.19. The number of amides is 3. The van der Waals surface area contributed by atoms with Gasteiger partial charge in [-0.1, -0.05) is 29.4 Å². The number of urea groups is 1. The second kappa shape index (κ2) is 11.4. The van der Waals surface area contributed by atoms with Gasteiger partial charge >= 0.3 is 18.4 Å². The lowest BCUT2D eigenvalue weighted by molar-refractivity contribution is -0.376. The van der Waals surface area contributed by atoms with Crippen LogP contribution in [0.1, 0.15) is 21.5 Å². The van der Waals surface area contributed by atoms with Crippen molar-refractivity contribution in [1.29, 1.82) is 0 Å². The molecule has 0 atom stereocenters. The number of hydrogen-bond acceptors (Lipinski definition) is 6. The van der Waals surface area contributed by atoms with E-state index < -0.39 is 41.3 Å². The zero-order valence-corrected chi connectivity index (χ0v) is 20.9. The van der Waals surface area contributed by atoms with Crippen molar-refractivity contribution >= 4 is 23.3 Å². The average Bonchev–Trinajstić information content (AvgIpc) is 3.41. The third-order valence-corrected chi connectivity index (χ3v) is 6.41. The van der Waals surface area contributed by atoms with Crippen molar-refractivity contribution < 1.29 is 50.0 Å². The van der Waals surface area contributed by atoms with Gasteiger partial charge in [-0.15, -0.1) is 0 Å². The first kappa shape index (κ1) is 29.8. The van der Waals surface area contributed by atoms with Gasteiger partial charge in [-0.2, -0.15) is 26.3 Å². The summed E-state index contributed by atoms with van der Waals surface area (Å²) in [7, 11) is 0. The quantitative estimate of drug-likeness (QED) is 0.359. The van der Waals surface area contributed by atoms with Gasteiger partial charge < -0.3 is 25.2 Å². The largest absolute Gasteiger partial charge is 0.430 e. The topological polar surface area (TPSA) is 111 Å². The van der Waals surface area contributed by atoms with E-state index in [1.807, 2.05) is 4.90 Å². The van der Waals surface area contributed by atoms with Crippen molar-refractivity contribution in [2.24, 2.45) is 0 Å². The van der Waals surface area contributed by atoms with Crippen molar-refractivity contribution in [2.45, 2.75) is 24.5 Å². The van der Waals surface area contributed by atoms with E-state index in [9.17, 15) is 45.4 Å². The van der Waals surface area contributed by atoms with Crippen molar-refractivity contribution in [3.63, 3.8) is 0 Å². The highest BCUT2D eigenvalue weighted by atomic mass is 19.4. The lowest BCUT2D eigenvalue weighted by atomic mass is 9.91. The number of aromatic nitrogens is 1. The number of halogens is 7. The maximum Gasteiger partial charge on any atom is 0.430 e. The highest BCUT2D eigenvalue weighted by molar-refractivity contribution is 6.00. The highest BCUT2D eigenvalue weighted by Crippen LogP contribution is 2.50. The Morgan fingerprint density at radius 1 is 0.927 bits per heavy atom. The molecule has 0 saturated carbocycles. The van der Waals surface area contributed by atoms with E-state index in [0.717, 1.165) is 18.2 Å². The van der Waals surface area contributed by atoms with Crippen LogP contribution in [0.3, 0.4) is 0 Å². The molecule has 1 fully saturated rings. The van der Waals surface area contributed by atoms with Gasteiger partial charge in [0.25, 0.3) is 11.5 Å². The predicted octanol–water partition coefficient (Wildman–Crippen LogP) is 4.73. The zero-order valence-electron chi connectivity index (χ0n) is 20.9. The number of anilines is 2. The highest BCUT2D eigenvalue weighted by Gasteiger charge is 2.71. The fourth-order valence-electron chi connectivity index (χ4n) is 4.19. The maximum absolute atomic E-state index is 14.6. The van der Waals surface area contributed by atoms with Crippen LogP contribution in [-0.2, 0) is 12.1 Å². The molecule has 1 aromatic heterocycles. The summed E-state index contributed by atoms with van der Waals surface area (Å²) >= 11 is 0. The average molecular weight is 589 g/mol. The molecule has 2 aromatic carbocycles. The number of carbonyl (C=O) groups is 2. The van der Waals surface area contributed by atoms with Crippen molar-refractivity contribution in [1.82, 2.24) is 15.0 Å². The number of hydrogen-bond donors (Lipinski definition) is 3. The molecule has 0 bridgehead atoms. The molecule has 1 aliphatic rings. The standard InChI is InChI=1S/C25H22F7N5O4/c26-19-11-16(3-6-20(19)35-22(39)34-18-12-33-41-14-18)21(38)37-9-7-36(8-10-37)13-15-1-4-17(5-2-15)23(40,24(27,28)29)25(30,31)32/h1-6,11-12,14,40H,7-10,13H2,(H2,34,35,39). The molecule has 220 valence electrons. The van der Waals surface area contributed by atoms with Gasteiger partial charge in [-0.3, -0.25) is 9.69 Å². The van der Waals surface area contributed by atoms with Crippen LogP contribution in [0.25, 0.3) is 0 Å². The van der Waals surface area contributed by atoms with Crippen LogP contribution >= 0.6 is 0 Å². The molecular formula is C25H22F7N5O4. The molecule has 0 spiro atoms. The van der Waals surface area contributed by atoms with Crippen LogP contribution in [0, 0.1) is 5.82 Å². The molecule has 4 rings (SSSR count). The van der Waals surface area contributed by atoms with Crippen LogP contribution in [0.15, 0.2) is 59.4 Å². The Hall–Kier alpha value is -4.18. The van der Waals surface area contributed by atoms with Crippen LogP contribution in [0.2, 0.25) is 0 Å². The van der Waals surface area contributed by atoms with E-state index in [4.69, 9.17) is 0 Å². The van der Waals surface area contributed by atoms with Crippen LogP contribution in [-0.4, -0.2) is 70.5 Å². The fraction of sp³-hybridized carbons (Fsp3) is 0.320. The summed E-state index contributed by atoms with van der Waals surface area (Å²) in [4.78, 5) is 28.1. The number of nitrogens with one attached hydrogen (secondary N) is 2. The van der Waals surface area contributed by atoms with Gasteiger partial charge in [-0.05, 0) is 23.8 Å². The Labute approximate surface area is 227 Å². The molecule has 3 N–H and O–H groups in total. The van der Waals surface area contributed by atoms with Crippen LogP contribution < -0.4 is 10.6 Å². The third kappa shape index (κ3) is 6.43. The molecule has 3 aromatic rings. The van der Waals surface area contributed by atoms with E-state index in [0.29, 0.717) is 30.8 Å². The first-order valence-electron chi connectivity index (χ1n) is 11.9. The lowest BCUT2D eigenvalue weighted by Gasteiger charge is -2.35. The van der Waals surface area contributed by atoms with Gasteiger partial charge in [0.05, 0.1) is 11.9 Å². The molecule has 16 heteroatoms. The number of rotatable bonds is 6. The van der Waals surface area contributed by atoms with Gasteiger partial charge in [-0.25, -0.2) is 9.18 Å². The molecular weight excluding hydrogens is 567 g/mol. The zero-order chi connectivity index (χ0) is 30.0. The van der Waals surface area contributed by atoms with Gasteiger partial charge in [0.2, 0.25) is 0 Å². The van der Waals surface area contributed by atoms with E-state index in [1.165, 1.54) is 29.5 Å². The molecule has 0 radical (unpaired) electrons. The number of aliphatic hydroxyl groups is 1. The predicted molar refractivity (Wildman–Crippen MR) is 129 cm³/mol. The van der Waals surface area contributed by atoms with E-state index in [1.54, 1.807) is 0 Å². The summed E-state index contributed by atoms with van der Waals surface area (Å²) < 4.78 is 97.6. The summed E-state index contributed by atoms with van der Waals surface area (Å²) in [6, 6.07) is 6.11. The van der Waals surface area contributed by atoms with Gasteiger partial charge in [0.1, 0.15) is 17.8 Å². The lowest BCUT2D eigenvalue weighted by Crippen LogP contribution is -2.53. The number of nitrogens with zero attached hydrogens (tertiary/aromatic N) is 3. The maximum atomic E-state index is 14.6. The Balaban J connectivity index is 1.32. The molecule has 0 unspecified atom stereocenters.